The molecule has 0 saturated heterocycles. The van der Waals surface area contributed by atoms with Crippen LogP contribution >= 0.6 is 0 Å². The molecular formula is C6H6N4O. The van der Waals surface area contributed by atoms with Crippen LogP contribution in [0, 0.1) is 10.8 Å². The lowest BCUT2D eigenvalue weighted by atomic mass is 10.5. The molecule has 0 aliphatic carbocycles. The van der Waals surface area contributed by atoms with E-state index in [2.05, 4.69) is 20.6 Å². The van der Waals surface area contributed by atoms with Gasteiger partial charge in [0.15, 0.2) is 0 Å². The molecule has 0 aromatic heterocycles. The highest BCUT2D eigenvalue weighted by Crippen LogP contribution is 1.87. The van der Waals surface area contributed by atoms with Crippen LogP contribution in [0.15, 0.2) is 29.0 Å². The quantitative estimate of drug-likeness (QED) is 0.576. The Balaban J connectivity index is 3.02. The fourth-order valence-corrected chi connectivity index (χ4v) is 0.773. The molecular weight excluding hydrogens is 144 g/mol. The Bertz CT molecular complexity index is 385. The zero-order valence-corrected chi connectivity index (χ0v) is 5.61. The molecule has 0 bridgehead atoms. The summed E-state index contributed by atoms with van der Waals surface area (Å²) in [4.78, 5) is 0. The van der Waals surface area contributed by atoms with Gasteiger partial charge in [-0.25, -0.2) is 5.21 Å². The van der Waals surface area contributed by atoms with Crippen LogP contribution in [0.5, 0.6) is 0 Å². The van der Waals surface area contributed by atoms with E-state index in [-0.39, 0.29) is 0 Å². The van der Waals surface area contributed by atoms with Gasteiger partial charge in [0.25, 0.3) is 0 Å². The first-order valence-corrected chi connectivity index (χ1v) is 3.12. The number of nitrogens with zero attached hydrogens (tertiary/aromatic N) is 2. The molecule has 0 unspecified atom stereocenters. The van der Waals surface area contributed by atoms with Gasteiger partial charge in [-0.2, -0.15) is 5.10 Å². The van der Waals surface area contributed by atoms with Crippen LogP contribution in [0.3, 0.4) is 0 Å². The molecule has 2 N–H and O–H groups in total. The third kappa shape index (κ3) is 1.07. The third-order valence-corrected chi connectivity index (χ3v) is 1.26. The number of aromatic amines is 2. The van der Waals surface area contributed by atoms with Crippen LogP contribution in [-0.4, -0.2) is 20.6 Å². The van der Waals surface area contributed by atoms with E-state index in [0.29, 0.717) is 5.42 Å². The van der Waals surface area contributed by atoms with Gasteiger partial charge in [-0.15, -0.1) is 0 Å². The predicted molar refractivity (Wildman–Crippen MR) is 35.9 cm³/mol. The predicted octanol–water partition coefficient (Wildman–Crippen LogP) is 0.575. The van der Waals surface area contributed by atoms with Crippen LogP contribution in [0.2, 0.25) is 0 Å². The second-order valence-corrected chi connectivity index (χ2v) is 1.98. The summed E-state index contributed by atoms with van der Waals surface area (Å²) in [5, 5.41) is 13.6. The molecule has 0 atom stereocenters. The van der Waals surface area contributed by atoms with Crippen LogP contribution in [0.4, 0.5) is 0 Å². The normalized spacial score (nSPS) is 9.82. The first kappa shape index (κ1) is 5.96. The van der Waals surface area contributed by atoms with Crippen LogP contribution in [0.25, 0.3) is 0 Å². The van der Waals surface area contributed by atoms with Crippen LogP contribution < -0.4 is 0 Å². The fourth-order valence-electron chi connectivity index (χ4n) is 0.773. The van der Waals surface area contributed by atoms with Crippen molar-refractivity contribution in [1.82, 2.24) is 20.6 Å². The van der Waals surface area contributed by atoms with Gasteiger partial charge in [-0.1, -0.05) is 5.16 Å². The van der Waals surface area contributed by atoms with E-state index >= 15 is 0 Å². The topological polar surface area (TPSA) is 70.5 Å². The van der Waals surface area contributed by atoms with Crippen molar-refractivity contribution in [2.24, 2.45) is 0 Å². The van der Waals surface area contributed by atoms with Gasteiger partial charge >= 0.3 is 0 Å². The summed E-state index contributed by atoms with van der Waals surface area (Å²) in [7, 11) is 0. The van der Waals surface area contributed by atoms with Gasteiger partial charge in [-0.05, 0) is 12.1 Å². The summed E-state index contributed by atoms with van der Waals surface area (Å²) in [6.07, 6.45) is 3.12. The summed E-state index contributed by atoms with van der Waals surface area (Å²) in [6, 6.07) is 3.61. The molecule has 0 aromatic carbocycles. The van der Waals surface area contributed by atoms with E-state index in [1.807, 2.05) is 6.07 Å². The molecule has 2 aliphatic heterocycles. The minimum Gasteiger partial charge on any atom is -0.353 e. The lowest BCUT2D eigenvalue weighted by Crippen LogP contribution is -1.86. The Labute approximate surface area is 61.4 Å². The Morgan fingerprint density at radius 2 is 2.45 bits per heavy atom. The van der Waals surface area contributed by atoms with Gasteiger partial charge in [0, 0.05) is 0 Å². The SMILES string of the molecule is c1cnoc2cn[nH][nH]c=2c1. The van der Waals surface area contributed by atoms with E-state index in [4.69, 9.17) is 4.52 Å². The Kier molecular flexibility index (Phi) is 1.33. The first-order chi connectivity index (χ1) is 5.47. The number of aromatic nitrogens is 4. The molecule has 2 heterocycles. The third-order valence-electron chi connectivity index (χ3n) is 1.26. The number of hydrogen-bond acceptors (Lipinski definition) is 3. The molecule has 0 radical (unpaired) electrons. The van der Waals surface area contributed by atoms with E-state index in [0.717, 1.165) is 5.35 Å². The lowest BCUT2D eigenvalue weighted by Gasteiger charge is -1.83. The number of rotatable bonds is 0. The summed E-state index contributed by atoms with van der Waals surface area (Å²) in [5.74, 6) is 0. The molecule has 0 aromatic rings. The summed E-state index contributed by atoms with van der Waals surface area (Å²) >= 11 is 0. The molecule has 2 aliphatic rings. The van der Waals surface area contributed by atoms with E-state index in [9.17, 15) is 0 Å². The number of H-pyrrole nitrogens is 2. The molecule has 0 amide bonds. The van der Waals surface area contributed by atoms with Crippen LogP contribution in [0.1, 0.15) is 0 Å². The molecule has 0 saturated carbocycles. The fraction of sp³-hybridized carbons (Fsp3) is 0. The van der Waals surface area contributed by atoms with Crippen molar-refractivity contribution in [1.29, 1.82) is 0 Å². The summed E-state index contributed by atoms with van der Waals surface area (Å²) in [5.41, 5.74) is 0.605. The molecule has 2 rings (SSSR count). The van der Waals surface area contributed by atoms with Crippen molar-refractivity contribution in [2.45, 2.75) is 0 Å². The van der Waals surface area contributed by atoms with Gasteiger partial charge in [-0.3, -0.25) is 5.10 Å². The minimum atomic E-state index is 0.605. The number of hydrogen-bond donors (Lipinski definition) is 2. The summed E-state index contributed by atoms with van der Waals surface area (Å²) < 4.78 is 4.94. The van der Waals surface area contributed by atoms with E-state index < -0.39 is 0 Å². The van der Waals surface area contributed by atoms with Gasteiger partial charge < -0.3 is 4.52 Å². The zero-order chi connectivity index (χ0) is 7.52. The lowest BCUT2D eigenvalue weighted by molar-refractivity contribution is 0.376. The molecule has 0 fully saturated rings. The standard InChI is InChI=1S/C6H6N4O/c1-2-5-6(11-8-3-1)4-7-10-9-5/h1-4,9-10H. The molecule has 56 valence electrons. The maximum absolute atomic E-state index is 4.94. The van der Waals surface area contributed by atoms with Crippen molar-refractivity contribution in [3.63, 3.8) is 0 Å². The highest BCUT2D eigenvalue weighted by Gasteiger charge is 1.83. The van der Waals surface area contributed by atoms with Crippen molar-refractivity contribution < 1.29 is 4.52 Å². The van der Waals surface area contributed by atoms with Gasteiger partial charge in [0.1, 0.15) is 5.35 Å². The Morgan fingerprint density at radius 3 is 3.45 bits per heavy atom. The van der Waals surface area contributed by atoms with E-state index in [1.54, 1.807) is 18.5 Å². The zero-order valence-electron chi connectivity index (χ0n) is 5.61. The summed E-state index contributed by atoms with van der Waals surface area (Å²) in [6.45, 7) is 0. The average molecular weight is 150 g/mol. The monoisotopic (exact) mass is 150 g/mol. The minimum absolute atomic E-state index is 0.605. The van der Waals surface area contributed by atoms with Crippen molar-refractivity contribution in [3.8, 4) is 0 Å². The Hall–Kier alpha value is -1.78. The second kappa shape index (κ2) is 2.45. The molecule has 5 heteroatoms. The van der Waals surface area contributed by atoms with Crippen molar-refractivity contribution in [2.75, 3.05) is 0 Å². The molecule has 5 nitrogen and oxygen atoms in total. The number of nitrogens with one attached hydrogen (secondary N) is 2. The molecule has 11 heavy (non-hydrogen) atoms. The maximum atomic E-state index is 4.94. The highest BCUT2D eigenvalue weighted by molar-refractivity contribution is 4.89. The largest absolute Gasteiger partial charge is 0.353 e. The second-order valence-electron chi connectivity index (χ2n) is 1.98. The smallest absolute Gasteiger partial charge is 0.202 e. The average Bonchev–Trinajstić information content (AvgIpc) is 2.28. The first-order valence-electron chi connectivity index (χ1n) is 3.12. The highest BCUT2D eigenvalue weighted by atomic mass is 16.5. The van der Waals surface area contributed by atoms with E-state index in [1.165, 1.54) is 0 Å². The Morgan fingerprint density at radius 1 is 1.45 bits per heavy atom. The maximum Gasteiger partial charge on any atom is 0.202 e. The molecule has 0 spiro atoms. The van der Waals surface area contributed by atoms with Crippen molar-refractivity contribution >= 4 is 0 Å². The van der Waals surface area contributed by atoms with Gasteiger partial charge in [0.2, 0.25) is 5.42 Å². The van der Waals surface area contributed by atoms with Gasteiger partial charge in [0.05, 0.1) is 12.4 Å². The van der Waals surface area contributed by atoms with Crippen LogP contribution in [-0.2, 0) is 0 Å². The van der Waals surface area contributed by atoms with Crippen molar-refractivity contribution in [3.05, 3.63) is 35.3 Å².